The average Bonchev–Trinajstić information content (AvgIpc) is 2.75. The average molecular weight is 452 g/mol. The predicted molar refractivity (Wildman–Crippen MR) is 114 cm³/mol. The van der Waals surface area contributed by atoms with E-state index < -0.39 is 10.9 Å². The summed E-state index contributed by atoms with van der Waals surface area (Å²) in [6, 6.07) is 8.98. The third-order valence-electron chi connectivity index (χ3n) is 4.76. The van der Waals surface area contributed by atoms with E-state index in [0.29, 0.717) is 47.5 Å². The SMILES string of the molecule is CCOC(=O)c1ccc(N2CCN(C(=O)c3ccc(Cl)c(Cl)c3)CC2)c([N+](=O)[O-])c1. The Labute approximate surface area is 183 Å². The van der Waals surface area contributed by atoms with Crippen LogP contribution in [0.3, 0.4) is 0 Å². The Kier molecular flexibility index (Phi) is 6.79. The maximum absolute atomic E-state index is 12.7. The third-order valence-corrected chi connectivity index (χ3v) is 5.50. The van der Waals surface area contributed by atoms with Crippen molar-refractivity contribution in [2.75, 3.05) is 37.7 Å². The molecule has 0 saturated carbocycles. The summed E-state index contributed by atoms with van der Waals surface area (Å²) in [5.41, 5.74) is 0.780. The minimum atomic E-state index is -0.607. The van der Waals surface area contributed by atoms with Crippen LogP contribution >= 0.6 is 23.2 Å². The number of carbonyl (C=O) groups is 2. The molecule has 0 atom stereocenters. The summed E-state index contributed by atoms with van der Waals surface area (Å²) >= 11 is 11.9. The van der Waals surface area contributed by atoms with Crippen LogP contribution in [-0.4, -0.2) is 54.5 Å². The molecule has 0 spiro atoms. The zero-order chi connectivity index (χ0) is 21.8. The fraction of sp³-hybridized carbons (Fsp3) is 0.300. The number of nitro benzene ring substituents is 1. The first kappa shape index (κ1) is 21.9. The third kappa shape index (κ3) is 4.66. The highest BCUT2D eigenvalue weighted by molar-refractivity contribution is 6.42. The highest BCUT2D eigenvalue weighted by Crippen LogP contribution is 2.31. The van der Waals surface area contributed by atoms with Gasteiger partial charge in [0.05, 0.1) is 27.1 Å². The number of piperazine rings is 1. The van der Waals surface area contributed by atoms with Gasteiger partial charge in [0.25, 0.3) is 11.6 Å². The van der Waals surface area contributed by atoms with Crippen LogP contribution in [0.2, 0.25) is 10.0 Å². The molecule has 0 aromatic heterocycles. The summed E-state index contributed by atoms with van der Waals surface area (Å²) in [5, 5.41) is 12.2. The van der Waals surface area contributed by atoms with Crippen molar-refractivity contribution in [1.29, 1.82) is 0 Å². The molecule has 3 rings (SSSR count). The molecule has 0 aliphatic carbocycles. The first-order chi connectivity index (χ1) is 14.3. The molecule has 158 valence electrons. The number of ether oxygens (including phenoxy) is 1. The number of hydrogen-bond donors (Lipinski definition) is 0. The van der Waals surface area contributed by atoms with E-state index in [0.717, 1.165) is 0 Å². The predicted octanol–water partition coefficient (Wildman–Crippen LogP) is 4.04. The fourth-order valence-electron chi connectivity index (χ4n) is 3.24. The molecule has 1 aliphatic rings. The lowest BCUT2D eigenvalue weighted by Crippen LogP contribution is -2.49. The molecule has 0 radical (unpaired) electrons. The number of halogens is 2. The van der Waals surface area contributed by atoms with Crippen molar-refractivity contribution in [2.24, 2.45) is 0 Å². The van der Waals surface area contributed by atoms with Crippen LogP contribution in [0, 0.1) is 10.1 Å². The largest absolute Gasteiger partial charge is 0.462 e. The number of nitro groups is 1. The molecule has 2 aromatic rings. The standard InChI is InChI=1S/C20H19Cl2N3O5/c1-2-30-20(27)14-4-6-17(18(12-14)25(28)29)23-7-9-24(10-8-23)19(26)13-3-5-15(21)16(22)11-13/h3-6,11-12H,2,7-10H2,1H3. The van der Waals surface area contributed by atoms with Crippen LogP contribution in [0.1, 0.15) is 27.6 Å². The summed E-state index contributed by atoms with van der Waals surface area (Å²) in [5.74, 6) is -0.787. The van der Waals surface area contributed by atoms with E-state index in [1.54, 1.807) is 30.0 Å². The Balaban J connectivity index is 1.74. The Morgan fingerprint density at radius 3 is 2.30 bits per heavy atom. The molecule has 1 aliphatic heterocycles. The summed E-state index contributed by atoms with van der Waals surface area (Å²) in [4.78, 5) is 39.1. The summed E-state index contributed by atoms with van der Waals surface area (Å²) in [6.45, 7) is 3.44. The molecule has 0 N–H and O–H groups in total. The number of rotatable bonds is 5. The highest BCUT2D eigenvalue weighted by Gasteiger charge is 2.27. The number of carbonyl (C=O) groups excluding carboxylic acids is 2. The lowest BCUT2D eigenvalue weighted by Gasteiger charge is -2.36. The van der Waals surface area contributed by atoms with Crippen molar-refractivity contribution in [3.05, 3.63) is 67.7 Å². The van der Waals surface area contributed by atoms with Gasteiger partial charge in [0.1, 0.15) is 5.69 Å². The molecular weight excluding hydrogens is 433 g/mol. The Morgan fingerprint density at radius 1 is 1.03 bits per heavy atom. The summed E-state index contributed by atoms with van der Waals surface area (Å²) in [7, 11) is 0. The topological polar surface area (TPSA) is 93.0 Å². The molecule has 0 unspecified atom stereocenters. The number of nitrogens with zero attached hydrogens (tertiary/aromatic N) is 3. The van der Waals surface area contributed by atoms with Gasteiger partial charge in [-0.05, 0) is 37.3 Å². The molecule has 8 nitrogen and oxygen atoms in total. The van der Waals surface area contributed by atoms with E-state index in [2.05, 4.69) is 0 Å². The summed E-state index contributed by atoms with van der Waals surface area (Å²) in [6.07, 6.45) is 0. The minimum Gasteiger partial charge on any atom is -0.462 e. The van der Waals surface area contributed by atoms with Gasteiger partial charge >= 0.3 is 5.97 Å². The molecule has 30 heavy (non-hydrogen) atoms. The number of anilines is 1. The molecule has 0 bridgehead atoms. The summed E-state index contributed by atoms with van der Waals surface area (Å²) < 4.78 is 4.91. The van der Waals surface area contributed by atoms with Gasteiger partial charge in [0.2, 0.25) is 0 Å². The molecular formula is C20H19Cl2N3O5. The van der Waals surface area contributed by atoms with Crippen LogP contribution < -0.4 is 4.90 Å². The van der Waals surface area contributed by atoms with Gasteiger partial charge in [-0.3, -0.25) is 14.9 Å². The van der Waals surface area contributed by atoms with E-state index in [1.165, 1.54) is 18.2 Å². The van der Waals surface area contributed by atoms with Crippen molar-refractivity contribution < 1.29 is 19.2 Å². The van der Waals surface area contributed by atoms with Gasteiger partial charge in [-0.15, -0.1) is 0 Å². The highest BCUT2D eigenvalue weighted by atomic mass is 35.5. The normalized spacial score (nSPS) is 13.8. The molecule has 1 fully saturated rings. The van der Waals surface area contributed by atoms with E-state index in [-0.39, 0.29) is 23.8 Å². The van der Waals surface area contributed by atoms with Crippen molar-refractivity contribution >= 4 is 46.5 Å². The molecule has 2 aromatic carbocycles. The van der Waals surface area contributed by atoms with E-state index in [9.17, 15) is 19.7 Å². The van der Waals surface area contributed by atoms with E-state index in [4.69, 9.17) is 27.9 Å². The van der Waals surface area contributed by atoms with Crippen molar-refractivity contribution in [1.82, 2.24) is 4.90 Å². The Bertz CT molecular complexity index is 990. The Morgan fingerprint density at radius 2 is 1.70 bits per heavy atom. The van der Waals surface area contributed by atoms with Gasteiger partial charge in [-0.1, -0.05) is 23.2 Å². The van der Waals surface area contributed by atoms with Crippen LogP contribution in [0.25, 0.3) is 0 Å². The molecule has 1 saturated heterocycles. The smallest absolute Gasteiger partial charge is 0.338 e. The lowest BCUT2D eigenvalue weighted by atomic mass is 10.1. The lowest BCUT2D eigenvalue weighted by molar-refractivity contribution is -0.384. The van der Waals surface area contributed by atoms with Gasteiger partial charge in [-0.25, -0.2) is 4.79 Å². The second-order valence-corrected chi connectivity index (χ2v) is 7.40. The fourth-order valence-corrected chi connectivity index (χ4v) is 3.54. The van der Waals surface area contributed by atoms with Crippen LogP contribution in [0.4, 0.5) is 11.4 Å². The number of amides is 1. The first-order valence-corrected chi connectivity index (χ1v) is 10.0. The minimum absolute atomic E-state index is 0.126. The van der Waals surface area contributed by atoms with Crippen LogP contribution in [0.15, 0.2) is 36.4 Å². The second kappa shape index (κ2) is 9.32. The zero-order valence-electron chi connectivity index (χ0n) is 16.1. The number of hydrogen-bond acceptors (Lipinski definition) is 6. The van der Waals surface area contributed by atoms with Crippen LogP contribution in [0.5, 0.6) is 0 Å². The number of esters is 1. The molecule has 10 heteroatoms. The van der Waals surface area contributed by atoms with E-state index in [1.807, 2.05) is 4.90 Å². The Hall–Kier alpha value is -2.84. The van der Waals surface area contributed by atoms with Gasteiger partial charge in [0.15, 0.2) is 0 Å². The zero-order valence-corrected chi connectivity index (χ0v) is 17.7. The van der Waals surface area contributed by atoms with Crippen molar-refractivity contribution in [2.45, 2.75) is 6.92 Å². The van der Waals surface area contributed by atoms with Crippen LogP contribution in [-0.2, 0) is 4.74 Å². The number of benzene rings is 2. The molecule has 1 heterocycles. The maximum atomic E-state index is 12.7. The van der Waals surface area contributed by atoms with Gasteiger partial charge < -0.3 is 14.5 Å². The second-order valence-electron chi connectivity index (χ2n) is 6.59. The molecule has 1 amide bonds. The van der Waals surface area contributed by atoms with Gasteiger partial charge in [0, 0.05) is 37.8 Å². The first-order valence-electron chi connectivity index (χ1n) is 9.26. The monoisotopic (exact) mass is 451 g/mol. The van der Waals surface area contributed by atoms with Crippen molar-refractivity contribution in [3.63, 3.8) is 0 Å². The quantitative estimate of drug-likeness (QED) is 0.386. The van der Waals surface area contributed by atoms with Crippen molar-refractivity contribution in [3.8, 4) is 0 Å². The van der Waals surface area contributed by atoms with Gasteiger partial charge in [-0.2, -0.15) is 0 Å². The van der Waals surface area contributed by atoms with E-state index >= 15 is 0 Å². The maximum Gasteiger partial charge on any atom is 0.338 e.